The van der Waals surface area contributed by atoms with Crippen molar-refractivity contribution < 1.29 is 37.8 Å². The number of ether oxygens (including phenoxy) is 1. The maximum atomic E-state index is 17.7. The quantitative estimate of drug-likeness (QED) is 0.446. The van der Waals surface area contributed by atoms with Gasteiger partial charge in [0.15, 0.2) is 23.7 Å². The van der Waals surface area contributed by atoms with Crippen molar-refractivity contribution in [1.82, 2.24) is 4.98 Å². The molecule has 236 valence electrons. The van der Waals surface area contributed by atoms with Crippen LogP contribution in [0.15, 0.2) is 72.6 Å². The third-order valence-corrected chi connectivity index (χ3v) is 11.7. The standard InChI is InChI=1S/C34H33ClF2N2O6/c1-31-10-7-23(40)14-26(31)27(36)15-25-24-13-20-17-39(22-5-3-21(35)4-6-22)45-34(20,32(24,2)16-28(41)33(25,31)37)29(42)18-44-30(43)19-8-11-38-12-9-19/h3-12,14,20,24-25,27-28,41H,13,15-18H2,1-2H3/t20-,24?,25?,27-,28?,31?,32?,33-,34-/m0/s1. The predicted octanol–water partition coefficient (Wildman–Crippen LogP) is 5.20. The Morgan fingerprint density at radius 1 is 1.13 bits per heavy atom. The first-order chi connectivity index (χ1) is 21.3. The van der Waals surface area contributed by atoms with E-state index in [1.165, 1.54) is 36.7 Å². The summed E-state index contributed by atoms with van der Waals surface area (Å²) in [6.45, 7) is 2.99. The number of pyridine rings is 1. The molecule has 11 heteroatoms. The van der Waals surface area contributed by atoms with Crippen molar-refractivity contribution in [2.45, 2.75) is 56.7 Å². The average molecular weight is 639 g/mol. The average Bonchev–Trinajstić information content (AvgIpc) is 3.52. The van der Waals surface area contributed by atoms with Crippen molar-refractivity contribution in [3.05, 3.63) is 83.2 Å². The van der Waals surface area contributed by atoms with Crippen molar-refractivity contribution in [2.24, 2.45) is 28.6 Å². The number of allylic oxidation sites excluding steroid dienone is 4. The number of aliphatic hydroxyl groups is 1. The van der Waals surface area contributed by atoms with Gasteiger partial charge >= 0.3 is 5.97 Å². The smallest absolute Gasteiger partial charge is 0.338 e. The van der Waals surface area contributed by atoms with Crippen LogP contribution in [0.1, 0.15) is 43.5 Å². The van der Waals surface area contributed by atoms with Gasteiger partial charge in [0.05, 0.1) is 23.9 Å². The van der Waals surface area contributed by atoms with E-state index in [1.54, 1.807) is 43.2 Å². The summed E-state index contributed by atoms with van der Waals surface area (Å²) < 4.78 is 39.1. The number of aromatic nitrogens is 1. The fraction of sp³-hybridized carbons (Fsp3) is 0.471. The molecule has 1 aromatic carbocycles. The van der Waals surface area contributed by atoms with Gasteiger partial charge in [-0.15, -0.1) is 0 Å². The van der Waals surface area contributed by atoms with Crippen LogP contribution in [0.25, 0.3) is 0 Å². The number of hydrogen-bond acceptors (Lipinski definition) is 8. The number of Topliss-reactive ketones (excluding diaryl/α,β-unsaturated/α-hetero) is 1. The maximum Gasteiger partial charge on any atom is 0.338 e. The molecular weight excluding hydrogens is 606 g/mol. The van der Waals surface area contributed by atoms with E-state index in [0.29, 0.717) is 17.1 Å². The summed E-state index contributed by atoms with van der Waals surface area (Å²) in [5.41, 5.74) is -5.71. The lowest BCUT2D eigenvalue weighted by molar-refractivity contribution is -0.228. The van der Waals surface area contributed by atoms with Crippen LogP contribution in [-0.4, -0.2) is 64.3 Å². The number of hydrogen-bond donors (Lipinski definition) is 1. The van der Waals surface area contributed by atoms with Gasteiger partial charge in [-0.2, -0.15) is 0 Å². The maximum absolute atomic E-state index is 17.7. The Bertz CT molecular complexity index is 1640. The van der Waals surface area contributed by atoms with E-state index in [4.69, 9.17) is 21.2 Å². The minimum atomic E-state index is -2.30. The number of alkyl halides is 2. The highest BCUT2D eigenvalue weighted by Crippen LogP contribution is 2.72. The molecule has 0 radical (unpaired) electrons. The first-order valence-corrected chi connectivity index (χ1v) is 15.5. The number of rotatable bonds is 5. The van der Waals surface area contributed by atoms with Crippen LogP contribution in [0, 0.1) is 28.6 Å². The molecular formula is C34H33ClF2N2O6. The fourth-order valence-electron chi connectivity index (χ4n) is 9.32. The Morgan fingerprint density at radius 2 is 1.84 bits per heavy atom. The van der Waals surface area contributed by atoms with E-state index in [-0.39, 0.29) is 30.5 Å². The molecule has 45 heavy (non-hydrogen) atoms. The van der Waals surface area contributed by atoms with Gasteiger partial charge in [0, 0.05) is 40.1 Å². The third-order valence-electron chi connectivity index (χ3n) is 11.4. The normalized spacial score (nSPS) is 39.8. The highest BCUT2D eigenvalue weighted by atomic mass is 35.5. The van der Waals surface area contributed by atoms with E-state index in [1.807, 2.05) is 0 Å². The van der Waals surface area contributed by atoms with Crippen LogP contribution >= 0.6 is 11.6 Å². The molecule has 8 nitrogen and oxygen atoms in total. The fourth-order valence-corrected chi connectivity index (χ4v) is 9.45. The molecule has 0 amide bonds. The molecule has 7 rings (SSSR count). The SMILES string of the molecule is CC12C=CC(=O)C=C1[C@@H](F)CC1C3C[C@H]4CN(c5ccc(Cl)cc5)O[C@@]4(C(=O)COC(=O)c4ccncc4)C3(C)CC(O)[C@@]12F. The molecule has 1 saturated heterocycles. The third kappa shape index (κ3) is 4.07. The number of carbonyl (C=O) groups is 3. The van der Waals surface area contributed by atoms with Gasteiger partial charge in [-0.05, 0) is 86.2 Å². The van der Waals surface area contributed by atoms with Gasteiger partial charge in [0.25, 0.3) is 0 Å². The van der Waals surface area contributed by atoms with Crippen LogP contribution in [0.3, 0.4) is 0 Å². The first kappa shape index (κ1) is 30.2. The zero-order valence-electron chi connectivity index (χ0n) is 24.8. The van der Waals surface area contributed by atoms with Gasteiger partial charge in [-0.25, -0.2) is 13.6 Å². The number of fused-ring (bicyclic) bond motifs is 7. The van der Waals surface area contributed by atoms with Crippen LogP contribution < -0.4 is 5.06 Å². The second-order valence-electron chi connectivity index (χ2n) is 13.4. The number of hydroxylamine groups is 1. The zero-order chi connectivity index (χ0) is 31.9. The minimum Gasteiger partial charge on any atom is -0.454 e. The molecule has 2 aromatic rings. The molecule has 4 aliphatic carbocycles. The van der Waals surface area contributed by atoms with E-state index in [2.05, 4.69) is 4.98 Å². The molecule has 0 bridgehead atoms. The number of anilines is 1. The van der Waals surface area contributed by atoms with Crippen LogP contribution in [0.5, 0.6) is 0 Å². The number of aliphatic hydroxyl groups excluding tert-OH is 1. The number of halogens is 3. The Balaban J connectivity index is 1.28. The highest BCUT2D eigenvalue weighted by Gasteiger charge is 2.79. The zero-order valence-corrected chi connectivity index (χ0v) is 25.5. The number of nitrogens with zero attached hydrogens (tertiary/aromatic N) is 2. The van der Waals surface area contributed by atoms with Crippen LogP contribution in [0.2, 0.25) is 5.02 Å². The van der Waals surface area contributed by atoms with E-state index in [9.17, 15) is 19.5 Å². The lowest BCUT2D eigenvalue weighted by Gasteiger charge is -2.63. The van der Waals surface area contributed by atoms with Gasteiger partial charge < -0.3 is 9.84 Å². The Labute approximate surface area is 264 Å². The molecule has 1 aromatic heterocycles. The molecule has 5 unspecified atom stereocenters. The first-order valence-electron chi connectivity index (χ1n) is 15.1. The molecule has 1 aliphatic heterocycles. The summed E-state index contributed by atoms with van der Waals surface area (Å²) in [4.78, 5) is 50.0. The number of carbonyl (C=O) groups excluding carboxylic acids is 3. The molecule has 5 aliphatic rings. The second kappa shape index (κ2) is 10.3. The van der Waals surface area contributed by atoms with Crippen molar-refractivity contribution in [1.29, 1.82) is 0 Å². The number of ketones is 2. The number of esters is 1. The number of benzene rings is 1. The minimum absolute atomic E-state index is 0.0357. The van der Waals surface area contributed by atoms with Gasteiger partial charge in [0.2, 0.25) is 5.78 Å². The molecule has 3 saturated carbocycles. The Hall–Kier alpha value is -3.47. The second-order valence-corrected chi connectivity index (χ2v) is 13.8. The molecule has 0 spiro atoms. The van der Waals surface area contributed by atoms with Crippen molar-refractivity contribution in [2.75, 3.05) is 18.2 Å². The predicted molar refractivity (Wildman–Crippen MR) is 160 cm³/mol. The summed E-state index contributed by atoms with van der Waals surface area (Å²) in [5, 5.41) is 13.9. The van der Waals surface area contributed by atoms with E-state index < -0.39 is 76.3 Å². The monoisotopic (exact) mass is 638 g/mol. The van der Waals surface area contributed by atoms with Gasteiger partial charge in [-0.1, -0.05) is 24.6 Å². The van der Waals surface area contributed by atoms with E-state index >= 15 is 8.78 Å². The van der Waals surface area contributed by atoms with Crippen molar-refractivity contribution in [3.63, 3.8) is 0 Å². The summed E-state index contributed by atoms with van der Waals surface area (Å²) in [6, 6.07) is 9.86. The van der Waals surface area contributed by atoms with Gasteiger partial charge in [-0.3, -0.25) is 24.5 Å². The summed E-state index contributed by atoms with van der Waals surface area (Å²) >= 11 is 6.11. The van der Waals surface area contributed by atoms with E-state index in [0.717, 1.165) is 6.08 Å². The van der Waals surface area contributed by atoms with Crippen LogP contribution in [0.4, 0.5) is 14.5 Å². The van der Waals surface area contributed by atoms with Crippen LogP contribution in [-0.2, 0) is 19.2 Å². The summed E-state index contributed by atoms with van der Waals surface area (Å²) in [6.07, 6.45) is 3.35. The molecule has 9 atom stereocenters. The molecule has 1 N–H and O–H groups in total. The summed E-state index contributed by atoms with van der Waals surface area (Å²) in [5.74, 6) is -3.68. The topological polar surface area (TPSA) is 106 Å². The Morgan fingerprint density at radius 3 is 2.56 bits per heavy atom. The van der Waals surface area contributed by atoms with Crippen molar-refractivity contribution in [3.8, 4) is 0 Å². The Kier molecular flexibility index (Phi) is 6.89. The molecule has 4 fully saturated rings. The van der Waals surface area contributed by atoms with Gasteiger partial charge in [0.1, 0.15) is 6.17 Å². The lowest BCUT2D eigenvalue weighted by Crippen LogP contribution is -2.70. The lowest BCUT2D eigenvalue weighted by atomic mass is 9.44. The molecule has 2 heterocycles. The highest BCUT2D eigenvalue weighted by molar-refractivity contribution is 6.30. The van der Waals surface area contributed by atoms with Crippen molar-refractivity contribution >= 4 is 34.8 Å². The largest absolute Gasteiger partial charge is 0.454 e. The summed E-state index contributed by atoms with van der Waals surface area (Å²) in [7, 11) is 0.